The summed E-state index contributed by atoms with van der Waals surface area (Å²) in [6.45, 7) is 6.15. The van der Waals surface area contributed by atoms with E-state index in [-0.39, 0.29) is 24.3 Å². The van der Waals surface area contributed by atoms with E-state index in [9.17, 15) is 9.59 Å². The minimum atomic E-state index is -0.564. The molecule has 1 fully saturated rings. The summed E-state index contributed by atoms with van der Waals surface area (Å²) in [6, 6.07) is -0.564. The van der Waals surface area contributed by atoms with E-state index in [1.807, 2.05) is 13.8 Å². The number of hydrogen-bond acceptors (Lipinski definition) is 4. The zero-order valence-electron chi connectivity index (χ0n) is 13.4. The van der Waals surface area contributed by atoms with Crippen molar-refractivity contribution in [3.05, 3.63) is 0 Å². The molecule has 0 bridgehead atoms. The fraction of sp³-hybridized carbons (Fsp3) is 0.867. The van der Waals surface area contributed by atoms with Crippen molar-refractivity contribution in [2.24, 2.45) is 17.6 Å². The highest BCUT2D eigenvalue weighted by Crippen LogP contribution is 2.18. The summed E-state index contributed by atoms with van der Waals surface area (Å²) in [5.41, 5.74) is 5.73. The van der Waals surface area contributed by atoms with Gasteiger partial charge in [-0.05, 0) is 31.1 Å². The lowest BCUT2D eigenvalue weighted by molar-refractivity contribution is -0.132. The molecule has 0 aromatic carbocycles. The number of nitrogens with one attached hydrogen (secondary N) is 1. The molecule has 1 aliphatic heterocycles. The van der Waals surface area contributed by atoms with Gasteiger partial charge in [0, 0.05) is 26.8 Å². The van der Waals surface area contributed by atoms with Gasteiger partial charge in [0.15, 0.2) is 0 Å². The average Bonchev–Trinajstić information content (AvgIpc) is 2.49. The molecule has 0 unspecified atom stereocenters. The molecule has 1 aliphatic rings. The molecular weight excluding hydrogens is 270 g/mol. The first-order valence-electron chi connectivity index (χ1n) is 7.76. The van der Waals surface area contributed by atoms with Crippen molar-refractivity contribution in [1.29, 1.82) is 0 Å². The molecule has 2 amide bonds. The Bertz CT molecular complexity index is 341. The number of carbonyl (C=O) groups excluding carboxylic acids is 2. The second-order valence-corrected chi connectivity index (χ2v) is 6.15. The van der Waals surface area contributed by atoms with Gasteiger partial charge in [-0.2, -0.15) is 0 Å². The fourth-order valence-corrected chi connectivity index (χ4v) is 2.25. The molecule has 1 atom stereocenters. The van der Waals surface area contributed by atoms with Gasteiger partial charge >= 0.3 is 0 Å². The van der Waals surface area contributed by atoms with Gasteiger partial charge < -0.3 is 20.7 Å². The van der Waals surface area contributed by atoms with Crippen LogP contribution < -0.4 is 11.1 Å². The Labute approximate surface area is 127 Å². The Morgan fingerprint density at radius 1 is 1.33 bits per heavy atom. The number of hydrogen-bond donors (Lipinski definition) is 2. The van der Waals surface area contributed by atoms with E-state index in [1.54, 1.807) is 11.9 Å². The number of rotatable bonds is 7. The van der Waals surface area contributed by atoms with Crippen LogP contribution in [0.5, 0.6) is 0 Å². The van der Waals surface area contributed by atoms with Crippen LogP contribution in [0.2, 0.25) is 0 Å². The van der Waals surface area contributed by atoms with Gasteiger partial charge in [0.1, 0.15) is 0 Å². The highest BCUT2D eigenvalue weighted by molar-refractivity contribution is 5.87. The number of amides is 2. The molecule has 0 aromatic heterocycles. The third-order valence-corrected chi connectivity index (χ3v) is 4.07. The molecule has 1 saturated heterocycles. The molecule has 3 N–H and O–H groups in total. The zero-order valence-corrected chi connectivity index (χ0v) is 13.4. The minimum Gasteiger partial charge on any atom is -0.381 e. The Morgan fingerprint density at radius 3 is 2.52 bits per heavy atom. The molecule has 6 nitrogen and oxygen atoms in total. The van der Waals surface area contributed by atoms with E-state index in [1.165, 1.54) is 0 Å². The van der Waals surface area contributed by atoms with Crippen molar-refractivity contribution in [1.82, 2.24) is 10.2 Å². The van der Waals surface area contributed by atoms with Crippen molar-refractivity contribution in [2.45, 2.75) is 39.2 Å². The summed E-state index contributed by atoms with van der Waals surface area (Å²) in [5.74, 6) is 0.354. The lowest BCUT2D eigenvalue weighted by Gasteiger charge is -2.25. The topological polar surface area (TPSA) is 84.7 Å². The first kappa shape index (κ1) is 17.9. The van der Waals surface area contributed by atoms with E-state index >= 15 is 0 Å². The second kappa shape index (κ2) is 9.00. The summed E-state index contributed by atoms with van der Waals surface area (Å²) < 4.78 is 5.32. The van der Waals surface area contributed by atoms with Crippen LogP contribution in [0.4, 0.5) is 0 Å². The first-order chi connectivity index (χ1) is 9.91. The Kier molecular flexibility index (Phi) is 7.67. The number of nitrogens with two attached hydrogens (primary N) is 1. The van der Waals surface area contributed by atoms with Gasteiger partial charge in [-0.15, -0.1) is 0 Å². The molecule has 0 saturated carbocycles. The van der Waals surface area contributed by atoms with Gasteiger partial charge in [0.05, 0.1) is 12.6 Å². The Morgan fingerprint density at radius 2 is 1.95 bits per heavy atom. The molecule has 1 heterocycles. The third-order valence-electron chi connectivity index (χ3n) is 4.07. The van der Waals surface area contributed by atoms with E-state index in [0.717, 1.165) is 39.0 Å². The molecular formula is C15H29N3O3. The van der Waals surface area contributed by atoms with Crippen molar-refractivity contribution in [3.8, 4) is 0 Å². The number of carbonyl (C=O) groups is 2. The molecule has 0 aromatic rings. The monoisotopic (exact) mass is 299 g/mol. The number of ether oxygens (including phenoxy) is 1. The largest absolute Gasteiger partial charge is 0.381 e. The van der Waals surface area contributed by atoms with E-state index in [2.05, 4.69) is 5.32 Å². The normalized spacial score (nSPS) is 17.6. The highest BCUT2D eigenvalue weighted by atomic mass is 16.5. The van der Waals surface area contributed by atoms with Crippen LogP contribution in [0.15, 0.2) is 0 Å². The fourth-order valence-electron chi connectivity index (χ4n) is 2.25. The van der Waals surface area contributed by atoms with Crippen LogP contribution in [0.3, 0.4) is 0 Å². The van der Waals surface area contributed by atoms with Crippen molar-refractivity contribution >= 4 is 11.8 Å². The van der Waals surface area contributed by atoms with E-state index < -0.39 is 6.04 Å². The third kappa shape index (κ3) is 6.44. The van der Waals surface area contributed by atoms with Gasteiger partial charge in [-0.25, -0.2) is 0 Å². The summed E-state index contributed by atoms with van der Waals surface area (Å²) in [7, 11) is 1.77. The van der Waals surface area contributed by atoms with Crippen LogP contribution in [0.25, 0.3) is 0 Å². The van der Waals surface area contributed by atoms with Crippen LogP contribution in [-0.2, 0) is 14.3 Å². The molecule has 0 spiro atoms. The lowest BCUT2D eigenvalue weighted by Crippen LogP contribution is -2.47. The smallest absolute Gasteiger partial charge is 0.241 e. The SMILES string of the molecule is CC(C)[C@H](N)C(=O)NCC(=O)N(C)CCC1CCOCC1. The lowest BCUT2D eigenvalue weighted by atomic mass is 9.96. The molecule has 1 rings (SSSR count). The van der Waals surface area contributed by atoms with Crippen LogP contribution in [0.1, 0.15) is 33.1 Å². The quantitative estimate of drug-likeness (QED) is 0.711. The van der Waals surface area contributed by atoms with Gasteiger partial charge in [-0.1, -0.05) is 13.8 Å². The van der Waals surface area contributed by atoms with Gasteiger partial charge in [0.25, 0.3) is 0 Å². The number of likely N-dealkylation sites (N-methyl/N-ethyl adjacent to an activating group) is 1. The zero-order chi connectivity index (χ0) is 15.8. The molecule has 6 heteroatoms. The highest BCUT2D eigenvalue weighted by Gasteiger charge is 2.19. The predicted octanol–water partition coefficient (Wildman–Crippen LogP) is 0.361. The summed E-state index contributed by atoms with van der Waals surface area (Å²) in [6.07, 6.45) is 3.13. The summed E-state index contributed by atoms with van der Waals surface area (Å²) in [5, 5.41) is 2.61. The van der Waals surface area contributed by atoms with Gasteiger partial charge in [-0.3, -0.25) is 9.59 Å². The molecule has 0 aliphatic carbocycles. The maximum Gasteiger partial charge on any atom is 0.241 e. The van der Waals surface area contributed by atoms with Crippen LogP contribution in [-0.4, -0.2) is 56.1 Å². The summed E-state index contributed by atoms with van der Waals surface area (Å²) >= 11 is 0. The van der Waals surface area contributed by atoms with E-state index in [4.69, 9.17) is 10.5 Å². The van der Waals surface area contributed by atoms with Crippen molar-refractivity contribution in [2.75, 3.05) is 33.4 Å². The molecule has 122 valence electrons. The maximum atomic E-state index is 12.0. The number of nitrogens with zero attached hydrogens (tertiary/aromatic N) is 1. The minimum absolute atomic E-state index is 0.0174. The Hall–Kier alpha value is -1.14. The summed E-state index contributed by atoms with van der Waals surface area (Å²) in [4.78, 5) is 25.3. The second-order valence-electron chi connectivity index (χ2n) is 6.15. The van der Waals surface area contributed by atoms with Crippen molar-refractivity contribution < 1.29 is 14.3 Å². The predicted molar refractivity (Wildman–Crippen MR) is 81.6 cm³/mol. The Balaban J connectivity index is 2.22. The molecule has 0 radical (unpaired) electrons. The van der Waals surface area contributed by atoms with E-state index in [0.29, 0.717) is 5.92 Å². The maximum absolute atomic E-state index is 12.0. The van der Waals surface area contributed by atoms with Crippen LogP contribution in [0, 0.1) is 11.8 Å². The first-order valence-corrected chi connectivity index (χ1v) is 7.76. The molecule has 21 heavy (non-hydrogen) atoms. The van der Waals surface area contributed by atoms with Crippen LogP contribution >= 0.6 is 0 Å². The standard InChI is InChI=1S/C15H29N3O3/c1-11(2)14(16)15(20)17-10-13(19)18(3)7-4-12-5-8-21-9-6-12/h11-12,14H,4-10,16H2,1-3H3,(H,17,20)/t14-/m0/s1. The average molecular weight is 299 g/mol. The van der Waals surface area contributed by atoms with Gasteiger partial charge in [0.2, 0.25) is 11.8 Å². The van der Waals surface area contributed by atoms with Crippen molar-refractivity contribution in [3.63, 3.8) is 0 Å².